The second kappa shape index (κ2) is 7.46. The molecule has 1 aromatic heterocycles. The maximum atomic E-state index is 12.8. The lowest BCUT2D eigenvalue weighted by Gasteiger charge is -2.22. The predicted molar refractivity (Wildman–Crippen MR) is 91.7 cm³/mol. The lowest BCUT2D eigenvalue weighted by atomic mass is 10.1. The lowest BCUT2D eigenvalue weighted by molar-refractivity contribution is -0.140. The minimum atomic E-state index is -0.645. The van der Waals surface area contributed by atoms with Crippen LogP contribution in [-0.2, 0) is 22.6 Å². The van der Waals surface area contributed by atoms with Gasteiger partial charge in [-0.1, -0.05) is 25.1 Å². The second-order valence-electron chi connectivity index (χ2n) is 5.96. The van der Waals surface area contributed by atoms with E-state index >= 15 is 0 Å². The second-order valence-corrected chi connectivity index (χ2v) is 5.96. The molecule has 1 fully saturated rings. The van der Waals surface area contributed by atoms with E-state index in [0.29, 0.717) is 37.7 Å². The quantitative estimate of drug-likeness (QED) is 0.751. The number of carbonyl (C=O) groups is 2. The number of amides is 2. The van der Waals surface area contributed by atoms with E-state index in [-0.39, 0.29) is 18.4 Å². The van der Waals surface area contributed by atoms with Gasteiger partial charge in [-0.15, -0.1) is 10.2 Å². The Morgan fingerprint density at radius 2 is 1.96 bits per heavy atom. The predicted octanol–water partition coefficient (Wildman–Crippen LogP) is 2.03. The Balaban J connectivity index is 1.69. The lowest BCUT2D eigenvalue weighted by Crippen LogP contribution is -2.39. The van der Waals surface area contributed by atoms with Crippen LogP contribution >= 0.6 is 0 Å². The molecule has 2 aromatic rings. The van der Waals surface area contributed by atoms with Gasteiger partial charge in [-0.3, -0.25) is 9.59 Å². The van der Waals surface area contributed by atoms with Gasteiger partial charge in [0.25, 0.3) is 0 Å². The molecule has 25 heavy (non-hydrogen) atoms. The Bertz CT molecular complexity index is 744. The van der Waals surface area contributed by atoms with Crippen LogP contribution in [0.4, 0.5) is 5.69 Å². The van der Waals surface area contributed by atoms with Crippen LogP contribution in [-0.4, -0.2) is 40.0 Å². The summed E-state index contributed by atoms with van der Waals surface area (Å²) in [6.07, 6.45) is 1.17. The van der Waals surface area contributed by atoms with Gasteiger partial charge in [0.05, 0.1) is 6.54 Å². The van der Waals surface area contributed by atoms with Crippen LogP contribution < -0.4 is 4.90 Å². The summed E-state index contributed by atoms with van der Waals surface area (Å²) in [5.41, 5.74) is 0.829. The van der Waals surface area contributed by atoms with E-state index in [1.807, 2.05) is 44.2 Å². The number of benzene rings is 1. The number of nitrogens with zero attached hydrogens (tertiary/aromatic N) is 4. The molecule has 0 radical (unpaired) electrons. The molecule has 2 heterocycles. The Morgan fingerprint density at radius 1 is 1.24 bits per heavy atom. The third-order valence-electron chi connectivity index (χ3n) is 4.40. The summed E-state index contributed by atoms with van der Waals surface area (Å²) in [5.74, 6) is -0.0200. The summed E-state index contributed by atoms with van der Waals surface area (Å²) in [6, 6.07) is 9.44. The van der Waals surface area contributed by atoms with Gasteiger partial charge in [0.1, 0.15) is 5.92 Å². The number of anilines is 1. The van der Waals surface area contributed by atoms with Crippen LogP contribution in [0.5, 0.6) is 0 Å². The molecule has 0 bridgehead atoms. The molecule has 7 heteroatoms. The molecule has 132 valence electrons. The summed E-state index contributed by atoms with van der Waals surface area (Å²) >= 11 is 0. The first kappa shape index (κ1) is 17.1. The molecular weight excluding hydrogens is 320 g/mol. The number of rotatable bonds is 6. The fourth-order valence-electron chi connectivity index (χ4n) is 3.00. The molecule has 3 rings (SSSR count). The summed E-state index contributed by atoms with van der Waals surface area (Å²) in [5, 5.41) is 7.88. The van der Waals surface area contributed by atoms with Crippen LogP contribution in [0.25, 0.3) is 0 Å². The largest absolute Gasteiger partial charge is 0.423 e. The molecule has 2 amide bonds. The highest BCUT2D eigenvalue weighted by atomic mass is 16.4. The van der Waals surface area contributed by atoms with E-state index in [2.05, 4.69) is 10.2 Å². The number of hydrogen-bond donors (Lipinski definition) is 0. The topological polar surface area (TPSA) is 79.5 Å². The molecule has 0 spiro atoms. The number of para-hydroxylation sites is 1. The molecule has 7 nitrogen and oxygen atoms in total. The number of hydrogen-bond acceptors (Lipinski definition) is 5. The normalized spacial score (nSPS) is 17.1. The van der Waals surface area contributed by atoms with Crippen molar-refractivity contribution in [2.45, 2.75) is 33.2 Å². The Morgan fingerprint density at radius 3 is 2.60 bits per heavy atom. The SMILES string of the molecule is CCc1nnc(CN(CC)C(=O)C2CCN(c3ccccc3)C2=O)o1. The van der Waals surface area contributed by atoms with Gasteiger partial charge in [0.15, 0.2) is 0 Å². The van der Waals surface area contributed by atoms with E-state index in [0.717, 1.165) is 5.69 Å². The van der Waals surface area contributed by atoms with E-state index in [1.54, 1.807) is 9.80 Å². The average molecular weight is 342 g/mol. The van der Waals surface area contributed by atoms with Crippen molar-refractivity contribution in [2.75, 3.05) is 18.0 Å². The Hall–Kier alpha value is -2.70. The highest BCUT2D eigenvalue weighted by Gasteiger charge is 2.39. The zero-order valence-corrected chi connectivity index (χ0v) is 14.5. The number of aromatic nitrogens is 2. The van der Waals surface area contributed by atoms with Crippen molar-refractivity contribution in [2.24, 2.45) is 5.92 Å². The van der Waals surface area contributed by atoms with Crippen molar-refractivity contribution in [3.8, 4) is 0 Å². The van der Waals surface area contributed by atoms with Crippen LogP contribution in [0.3, 0.4) is 0 Å². The van der Waals surface area contributed by atoms with Crippen LogP contribution in [0.1, 0.15) is 32.0 Å². The van der Waals surface area contributed by atoms with Gasteiger partial charge in [-0.05, 0) is 25.5 Å². The van der Waals surface area contributed by atoms with Gasteiger partial charge in [0, 0.05) is 25.2 Å². The zero-order valence-electron chi connectivity index (χ0n) is 14.5. The fraction of sp³-hybridized carbons (Fsp3) is 0.444. The number of carbonyl (C=O) groups excluding carboxylic acids is 2. The molecule has 1 atom stereocenters. The van der Waals surface area contributed by atoms with Gasteiger partial charge >= 0.3 is 0 Å². The van der Waals surface area contributed by atoms with Gasteiger partial charge in [-0.25, -0.2) is 0 Å². The first-order valence-corrected chi connectivity index (χ1v) is 8.60. The third kappa shape index (κ3) is 3.55. The molecule has 0 N–H and O–H groups in total. The van der Waals surface area contributed by atoms with E-state index < -0.39 is 5.92 Å². The highest BCUT2D eigenvalue weighted by Crippen LogP contribution is 2.26. The van der Waals surface area contributed by atoms with Crippen LogP contribution in [0.15, 0.2) is 34.7 Å². The van der Waals surface area contributed by atoms with E-state index in [4.69, 9.17) is 4.42 Å². The van der Waals surface area contributed by atoms with Gasteiger partial charge in [0.2, 0.25) is 23.6 Å². The summed E-state index contributed by atoms with van der Waals surface area (Å²) in [4.78, 5) is 28.8. The van der Waals surface area contributed by atoms with Crippen LogP contribution in [0, 0.1) is 5.92 Å². The van der Waals surface area contributed by atoms with E-state index in [9.17, 15) is 9.59 Å². The molecule has 0 saturated carbocycles. The average Bonchev–Trinajstić information content (AvgIpc) is 3.26. The Labute approximate surface area is 146 Å². The minimum Gasteiger partial charge on any atom is -0.423 e. The molecule has 0 aliphatic carbocycles. The smallest absolute Gasteiger partial charge is 0.239 e. The first-order chi connectivity index (χ1) is 12.1. The summed E-state index contributed by atoms with van der Waals surface area (Å²) < 4.78 is 5.48. The van der Waals surface area contributed by atoms with Gasteiger partial charge < -0.3 is 14.2 Å². The molecule has 1 aliphatic rings. The third-order valence-corrected chi connectivity index (χ3v) is 4.40. The van der Waals surface area contributed by atoms with Crippen molar-refractivity contribution in [1.29, 1.82) is 0 Å². The maximum Gasteiger partial charge on any atom is 0.239 e. The molecule has 1 unspecified atom stereocenters. The molecule has 1 saturated heterocycles. The minimum absolute atomic E-state index is 0.144. The van der Waals surface area contributed by atoms with E-state index in [1.165, 1.54) is 0 Å². The monoisotopic (exact) mass is 342 g/mol. The summed E-state index contributed by atoms with van der Waals surface area (Å²) in [6.45, 7) is 5.07. The van der Waals surface area contributed by atoms with Crippen molar-refractivity contribution >= 4 is 17.5 Å². The Kier molecular flexibility index (Phi) is 5.11. The van der Waals surface area contributed by atoms with Crippen molar-refractivity contribution in [3.05, 3.63) is 42.1 Å². The maximum absolute atomic E-state index is 12.8. The zero-order chi connectivity index (χ0) is 17.8. The van der Waals surface area contributed by atoms with Crippen LogP contribution in [0.2, 0.25) is 0 Å². The van der Waals surface area contributed by atoms with Gasteiger partial charge in [-0.2, -0.15) is 0 Å². The standard InChI is InChI=1S/C18H22N4O3/c1-3-15-19-20-16(25-15)12-21(4-2)17(23)14-10-11-22(18(14)24)13-8-6-5-7-9-13/h5-9,14H,3-4,10-12H2,1-2H3. The van der Waals surface area contributed by atoms with Crippen molar-refractivity contribution < 1.29 is 14.0 Å². The molecular formula is C18H22N4O3. The molecule has 1 aliphatic heterocycles. The first-order valence-electron chi connectivity index (χ1n) is 8.60. The number of aryl methyl sites for hydroxylation is 1. The summed E-state index contributed by atoms with van der Waals surface area (Å²) in [7, 11) is 0. The van der Waals surface area contributed by atoms with Crippen molar-refractivity contribution in [3.63, 3.8) is 0 Å². The molecule has 1 aromatic carbocycles. The van der Waals surface area contributed by atoms with Crippen molar-refractivity contribution in [1.82, 2.24) is 15.1 Å². The highest BCUT2D eigenvalue weighted by molar-refractivity contribution is 6.09. The fourth-order valence-corrected chi connectivity index (χ4v) is 3.00.